The van der Waals surface area contributed by atoms with E-state index in [4.69, 9.17) is 0 Å². The van der Waals surface area contributed by atoms with Gasteiger partial charge in [-0.05, 0) is 18.9 Å². The Kier molecular flexibility index (Phi) is 4.89. The highest BCUT2D eigenvalue weighted by Crippen LogP contribution is 2.22. The SMILES string of the molecule is CC/C=C\C=C(/C)[C@@H](C)c1ccccc1. The van der Waals surface area contributed by atoms with E-state index in [1.165, 1.54) is 11.1 Å². The van der Waals surface area contributed by atoms with Crippen LogP contribution in [0.5, 0.6) is 0 Å². The van der Waals surface area contributed by atoms with E-state index in [1.54, 1.807) is 0 Å². The van der Waals surface area contributed by atoms with Crippen LogP contribution in [-0.2, 0) is 0 Å². The van der Waals surface area contributed by atoms with Crippen LogP contribution in [0.25, 0.3) is 0 Å². The molecule has 0 saturated carbocycles. The summed E-state index contributed by atoms with van der Waals surface area (Å²) in [6, 6.07) is 10.6. The predicted octanol–water partition coefficient (Wildman–Crippen LogP) is 4.70. The maximum atomic E-state index is 2.25. The first-order valence-corrected chi connectivity index (χ1v) is 5.64. The fourth-order valence-electron chi connectivity index (χ4n) is 1.50. The quantitative estimate of drug-likeness (QED) is 0.618. The molecule has 1 aromatic rings. The fraction of sp³-hybridized carbons (Fsp3) is 0.333. The smallest absolute Gasteiger partial charge is 0.00201 e. The molecule has 0 aromatic heterocycles. The molecule has 0 fully saturated rings. The highest BCUT2D eigenvalue weighted by atomic mass is 14.1. The second-order valence-corrected chi connectivity index (χ2v) is 3.88. The van der Waals surface area contributed by atoms with E-state index in [0.717, 1.165) is 6.42 Å². The van der Waals surface area contributed by atoms with Crippen LogP contribution in [0, 0.1) is 0 Å². The molecule has 0 aliphatic rings. The van der Waals surface area contributed by atoms with E-state index in [2.05, 4.69) is 69.3 Å². The normalized spacial score (nSPS) is 14.5. The minimum absolute atomic E-state index is 0.507. The molecule has 1 rings (SSSR count). The first kappa shape index (κ1) is 11.8. The summed E-state index contributed by atoms with van der Waals surface area (Å²) < 4.78 is 0. The molecule has 0 saturated heterocycles. The Bertz CT molecular complexity index is 330. The average molecular weight is 200 g/mol. The van der Waals surface area contributed by atoms with Gasteiger partial charge in [0.25, 0.3) is 0 Å². The van der Waals surface area contributed by atoms with Gasteiger partial charge in [-0.15, -0.1) is 0 Å². The molecule has 0 bridgehead atoms. The molecule has 0 radical (unpaired) electrons. The van der Waals surface area contributed by atoms with Gasteiger partial charge in [0.05, 0.1) is 0 Å². The summed E-state index contributed by atoms with van der Waals surface area (Å²) in [4.78, 5) is 0. The summed E-state index contributed by atoms with van der Waals surface area (Å²) >= 11 is 0. The number of benzene rings is 1. The van der Waals surface area contributed by atoms with Gasteiger partial charge in [0, 0.05) is 5.92 Å². The second-order valence-electron chi connectivity index (χ2n) is 3.88. The third-order valence-electron chi connectivity index (χ3n) is 2.71. The maximum absolute atomic E-state index is 2.25. The molecule has 0 aliphatic heterocycles. The van der Waals surface area contributed by atoms with Gasteiger partial charge in [-0.25, -0.2) is 0 Å². The van der Waals surface area contributed by atoms with Gasteiger partial charge < -0.3 is 0 Å². The molecule has 1 aromatic carbocycles. The summed E-state index contributed by atoms with van der Waals surface area (Å²) in [6.07, 6.45) is 7.64. The van der Waals surface area contributed by atoms with Crippen molar-refractivity contribution in [2.24, 2.45) is 0 Å². The van der Waals surface area contributed by atoms with Crippen molar-refractivity contribution in [3.05, 3.63) is 59.7 Å². The highest BCUT2D eigenvalue weighted by molar-refractivity contribution is 5.28. The topological polar surface area (TPSA) is 0 Å². The zero-order chi connectivity index (χ0) is 11.1. The Balaban J connectivity index is 2.72. The van der Waals surface area contributed by atoms with Crippen molar-refractivity contribution < 1.29 is 0 Å². The van der Waals surface area contributed by atoms with Gasteiger partial charge in [0.2, 0.25) is 0 Å². The molecule has 0 amide bonds. The zero-order valence-electron chi connectivity index (χ0n) is 9.90. The monoisotopic (exact) mass is 200 g/mol. The number of rotatable bonds is 4. The molecule has 80 valence electrons. The summed E-state index contributed by atoms with van der Waals surface area (Å²) in [7, 11) is 0. The van der Waals surface area contributed by atoms with Crippen LogP contribution in [0.1, 0.15) is 38.7 Å². The van der Waals surface area contributed by atoms with E-state index in [9.17, 15) is 0 Å². The lowest BCUT2D eigenvalue weighted by molar-refractivity contribution is 0.894. The van der Waals surface area contributed by atoms with Crippen LogP contribution >= 0.6 is 0 Å². The molecule has 0 spiro atoms. The molecular weight excluding hydrogens is 180 g/mol. The Morgan fingerprint density at radius 1 is 1.27 bits per heavy atom. The van der Waals surface area contributed by atoms with Crippen molar-refractivity contribution in [3.63, 3.8) is 0 Å². The molecule has 0 N–H and O–H groups in total. The van der Waals surface area contributed by atoms with Crippen LogP contribution in [0.15, 0.2) is 54.1 Å². The average Bonchev–Trinajstić information content (AvgIpc) is 2.29. The van der Waals surface area contributed by atoms with Gasteiger partial charge in [-0.3, -0.25) is 0 Å². The Morgan fingerprint density at radius 2 is 1.93 bits per heavy atom. The van der Waals surface area contributed by atoms with E-state index >= 15 is 0 Å². The molecule has 15 heavy (non-hydrogen) atoms. The largest absolute Gasteiger partial charge is 0.0848 e. The van der Waals surface area contributed by atoms with Gasteiger partial charge >= 0.3 is 0 Å². The van der Waals surface area contributed by atoms with Crippen molar-refractivity contribution in [2.45, 2.75) is 33.1 Å². The van der Waals surface area contributed by atoms with Crippen molar-refractivity contribution in [2.75, 3.05) is 0 Å². The maximum Gasteiger partial charge on any atom is 0.00201 e. The zero-order valence-corrected chi connectivity index (χ0v) is 9.90. The predicted molar refractivity (Wildman–Crippen MR) is 68.0 cm³/mol. The minimum Gasteiger partial charge on any atom is -0.0848 e. The lowest BCUT2D eigenvalue weighted by Gasteiger charge is -2.11. The third-order valence-corrected chi connectivity index (χ3v) is 2.71. The molecule has 1 atom stereocenters. The Morgan fingerprint density at radius 3 is 2.53 bits per heavy atom. The van der Waals surface area contributed by atoms with Crippen molar-refractivity contribution in [1.82, 2.24) is 0 Å². The highest BCUT2D eigenvalue weighted by Gasteiger charge is 2.04. The lowest BCUT2D eigenvalue weighted by atomic mass is 9.94. The molecule has 0 nitrogen and oxygen atoms in total. The van der Waals surface area contributed by atoms with E-state index < -0.39 is 0 Å². The number of hydrogen-bond acceptors (Lipinski definition) is 0. The van der Waals surface area contributed by atoms with E-state index in [0.29, 0.717) is 5.92 Å². The van der Waals surface area contributed by atoms with E-state index in [1.807, 2.05) is 0 Å². The molecule has 0 heterocycles. The molecule has 0 unspecified atom stereocenters. The molecule has 0 heteroatoms. The third kappa shape index (κ3) is 3.75. The van der Waals surface area contributed by atoms with Crippen LogP contribution in [0.3, 0.4) is 0 Å². The first-order valence-electron chi connectivity index (χ1n) is 5.64. The minimum atomic E-state index is 0.507. The number of hydrogen-bond donors (Lipinski definition) is 0. The lowest BCUT2D eigenvalue weighted by Crippen LogP contribution is -1.94. The summed E-state index contributed by atoms with van der Waals surface area (Å²) in [5, 5.41) is 0. The Labute approximate surface area is 93.3 Å². The Hall–Kier alpha value is -1.30. The van der Waals surface area contributed by atoms with Crippen molar-refractivity contribution >= 4 is 0 Å². The second kappa shape index (κ2) is 6.23. The van der Waals surface area contributed by atoms with Crippen LogP contribution in [0.4, 0.5) is 0 Å². The molecular formula is C15H20. The number of allylic oxidation sites excluding steroid dienone is 4. The standard InChI is InChI=1S/C15H20/c1-4-5-7-10-13(2)14(3)15-11-8-6-9-12-15/h5-12,14H,4H2,1-3H3/b7-5-,13-10+/t14-/m1/s1. The van der Waals surface area contributed by atoms with Gasteiger partial charge in [-0.2, -0.15) is 0 Å². The van der Waals surface area contributed by atoms with Gasteiger partial charge in [0.15, 0.2) is 0 Å². The van der Waals surface area contributed by atoms with E-state index in [-0.39, 0.29) is 0 Å². The summed E-state index contributed by atoms with van der Waals surface area (Å²) in [6.45, 7) is 6.60. The van der Waals surface area contributed by atoms with Crippen LogP contribution in [0.2, 0.25) is 0 Å². The van der Waals surface area contributed by atoms with Crippen LogP contribution in [-0.4, -0.2) is 0 Å². The van der Waals surface area contributed by atoms with Crippen LogP contribution < -0.4 is 0 Å². The fourth-order valence-corrected chi connectivity index (χ4v) is 1.50. The van der Waals surface area contributed by atoms with Crippen molar-refractivity contribution in [1.29, 1.82) is 0 Å². The summed E-state index contributed by atoms with van der Waals surface area (Å²) in [5.74, 6) is 0.507. The van der Waals surface area contributed by atoms with Crippen molar-refractivity contribution in [3.8, 4) is 0 Å². The van der Waals surface area contributed by atoms with Gasteiger partial charge in [0.1, 0.15) is 0 Å². The van der Waals surface area contributed by atoms with Gasteiger partial charge in [-0.1, -0.05) is 68.0 Å². The summed E-state index contributed by atoms with van der Waals surface area (Å²) in [5.41, 5.74) is 2.79. The molecule has 0 aliphatic carbocycles. The first-order chi connectivity index (χ1) is 7.25.